The molecule has 0 spiro atoms. The summed E-state index contributed by atoms with van der Waals surface area (Å²) in [6, 6.07) is 2.03. The molecule has 2 aromatic heterocycles. The Labute approximate surface area is 128 Å². The minimum absolute atomic E-state index is 0.00275. The van der Waals surface area contributed by atoms with Crippen LogP contribution in [0, 0.1) is 0 Å². The first kappa shape index (κ1) is 14.6. The summed E-state index contributed by atoms with van der Waals surface area (Å²) in [7, 11) is 1.81. The Morgan fingerprint density at radius 3 is 2.95 bits per heavy atom. The van der Waals surface area contributed by atoms with Crippen LogP contribution in [-0.4, -0.2) is 27.4 Å². The van der Waals surface area contributed by atoms with Crippen molar-refractivity contribution in [3.63, 3.8) is 0 Å². The van der Waals surface area contributed by atoms with Gasteiger partial charge in [0.05, 0.1) is 12.2 Å². The second kappa shape index (κ2) is 6.58. The summed E-state index contributed by atoms with van der Waals surface area (Å²) < 4.78 is 4.95. The number of hydrogen-bond acceptors (Lipinski definition) is 5. The highest BCUT2D eigenvalue weighted by molar-refractivity contribution is 9.10. The van der Waals surface area contributed by atoms with E-state index in [1.165, 1.54) is 11.5 Å². The normalized spacial score (nSPS) is 10.7. The van der Waals surface area contributed by atoms with Crippen molar-refractivity contribution in [3.05, 3.63) is 31.4 Å². The van der Waals surface area contributed by atoms with Crippen molar-refractivity contribution in [2.75, 3.05) is 7.05 Å². The number of aromatic nitrogens is 2. The van der Waals surface area contributed by atoms with Crippen LogP contribution in [0.3, 0.4) is 0 Å². The molecule has 0 N–H and O–H groups in total. The molecule has 2 heterocycles. The van der Waals surface area contributed by atoms with E-state index in [2.05, 4.69) is 32.4 Å². The van der Waals surface area contributed by atoms with Crippen LogP contribution >= 0.6 is 38.8 Å². The van der Waals surface area contributed by atoms with Gasteiger partial charge in [-0.05, 0) is 39.9 Å². The van der Waals surface area contributed by atoms with E-state index in [-0.39, 0.29) is 5.91 Å². The van der Waals surface area contributed by atoms with Gasteiger partial charge in [0.15, 0.2) is 0 Å². The SMILES string of the molecule is CCCc1nnsc1C(=O)N(C)Cc1cc(Br)cs1. The van der Waals surface area contributed by atoms with Gasteiger partial charge in [-0.2, -0.15) is 0 Å². The summed E-state index contributed by atoms with van der Waals surface area (Å²) in [4.78, 5) is 15.9. The minimum atomic E-state index is 0.00275. The van der Waals surface area contributed by atoms with Gasteiger partial charge in [-0.25, -0.2) is 0 Å². The van der Waals surface area contributed by atoms with Gasteiger partial charge in [0, 0.05) is 21.8 Å². The molecule has 102 valence electrons. The number of carbonyl (C=O) groups excluding carboxylic acids is 1. The molecule has 0 unspecified atom stereocenters. The molecular formula is C12H14BrN3OS2. The molecule has 0 saturated carbocycles. The monoisotopic (exact) mass is 359 g/mol. The number of halogens is 1. The summed E-state index contributed by atoms with van der Waals surface area (Å²) in [5.74, 6) is 0.00275. The maximum atomic E-state index is 12.4. The van der Waals surface area contributed by atoms with Gasteiger partial charge >= 0.3 is 0 Å². The van der Waals surface area contributed by atoms with Crippen LogP contribution in [0.4, 0.5) is 0 Å². The minimum Gasteiger partial charge on any atom is -0.336 e. The molecule has 0 bridgehead atoms. The van der Waals surface area contributed by atoms with E-state index >= 15 is 0 Å². The molecule has 19 heavy (non-hydrogen) atoms. The van der Waals surface area contributed by atoms with Gasteiger partial charge in [-0.15, -0.1) is 16.4 Å². The van der Waals surface area contributed by atoms with Gasteiger partial charge in [0.2, 0.25) is 0 Å². The van der Waals surface area contributed by atoms with Gasteiger partial charge in [-0.1, -0.05) is 17.8 Å². The van der Waals surface area contributed by atoms with Crippen molar-refractivity contribution in [2.24, 2.45) is 0 Å². The highest BCUT2D eigenvalue weighted by atomic mass is 79.9. The molecule has 0 atom stereocenters. The van der Waals surface area contributed by atoms with Crippen LogP contribution in [0.2, 0.25) is 0 Å². The van der Waals surface area contributed by atoms with Gasteiger partial charge in [0.25, 0.3) is 5.91 Å². The summed E-state index contributed by atoms with van der Waals surface area (Å²) in [5, 5.41) is 6.05. The number of carbonyl (C=O) groups is 1. The zero-order valence-electron chi connectivity index (χ0n) is 10.7. The Balaban J connectivity index is 2.08. The largest absolute Gasteiger partial charge is 0.336 e. The molecule has 0 fully saturated rings. The first-order valence-electron chi connectivity index (χ1n) is 5.91. The highest BCUT2D eigenvalue weighted by Gasteiger charge is 2.19. The Morgan fingerprint density at radius 1 is 1.53 bits per heavy atom. The lowest BCUT2D eigenvalue weighted by molar-refractivity contribution is 0.0790. The van der Waals surface area contributed by atoms with Crippen LogP contribution in [-0.2, 0) is 13.0 Å². The second-order valence-electron chi connectivity index (χ2n) is 4.19. The number of aryl methyl sites for hydroxylation is 1. The predicted molar refractivity (Wildman–Crippen MR) is 81.7 cm³/mol. The second-order valence-corrected chi connectivity index (χ2v) is 6.86. The van der Waals surface area contributed by atoms with Crippen LogP contribution in [0.15, 0.2) is 15.9 Å². The Morgan fingerprint density at radius 2 is 2.32 bits per heavy atom. The fraction of sp³-hybridized carbons (Fsp3) is 0.417. The maximum Gasteiger partial charge on any atom is 0.267 e. The Bertz CT molecular complexity index is 567. The van der Waals surface area contributed by atoms with Crippen LogP contribution in [0.1, 0.15) is 33.6 Å². The van der Waals surface area contributed by atoms with E-state index in [4.69, 9.17) is 0 Å². The Hall–Kier alpha value is -0.790. The average molecular weight is 360 g/mol. The zero-order valence-corrected chi connectivity index (χ0v) is 13.9. The first-order chi connectivity index (χ1) is 9.11. The lowest BCUT2D eigenvalue weighted by atomic mass is 10.2. The number of amides is 1. The Kier molecular flexibility index (Phi) is 5.06. The number of hydrogen-bond donors (Lipinski definition) is 0. The molecule has 2 rings (SSSR count). The van der Waals surface area contributed by atoms with Crippen molar-refractivity contribution in [1.29, 1.82) is 0 Å². The van der Waals surface area contributed by atoms with Gasteiger partial charge < -0.3 is 4.90 Å². The molecule has 0 aliphatic carbocycles. The van der Waals surface area contributed by atoms with Crippen molar-refractivity contribution in [2.45, 2.75) is 26.3 Å². The lowest BCUT2D eigenvalue weighted by Gasteiger charge is -2.15. The van der Waals surface area contributed by atoms with Crippen molar-refractivity contribution < 1.29 is 4.79 Å². The molecule has 0 aliphatic rings. The van der Waals surface area contributed by atoms with Gasteiger partial charge in [-0.3, -0.25) is 4.79 Å². The van der Waals surface area contributed by atoms with Crippen molar-refractivity contribution in [1.82, 2.24) is 14.5 Å². The van der Waals surface area contributed by atoms with Crippen LogP contribution in [0.25, 0.3) is 0 Å². The number of nitrogens with zero attached hydrogens (tertiary/aromatic N) is 3. The first-order valence-corrected chi connectivity index (χ1v) is 8.36. The highest BCUT2D eigenvalue weighted by Crippen LogP contribution is 2.22. The van der Waals surface area contributed by atoms with Crippen LogP contribution in [0.5, 0.6) is 0 Å². The van der Waals surface area contributed by atoms with E-state index < -0.39 is 0 Å². The number of thiophene rings is 1. The summed E-state index contributed by atoms with van der Waals surface area (Å²) in [5.41, 5.74) is 0.816. The van der Waals surface area contributed by atoms with E-state index in [0.717, 1.165) is 27.9 Å². The third kappa shape index (κ3) is 3.61. The third-order valence-electron chi connectivity index (χ3n) is 2.60. The predicted octanol–water partition coefficient (Wildman–Crippen LogP) is 3.59. The summed E-state index contributed by atoms with van der Waals surface area (Å²) in [6.45, 7) is 2.68. The molecule has 0 saturated heterocycles. The van der Waals surface area contributed by atoms with E-state index in [1.807, 2.05) is 18.5 Å². The zero-order chi connectivity index (χ0) is 13.8. The molecule has 0 aliphatic heterocycles. The smallest absolute Gasteiger partial charge is 0.267 e. The average Bonchev–Trinajstić information content (AvgIpc) is 2.98. The molecule has 2 aromatic rings. The van der Waals surface area contributed by atoms with E-state index in [0.29, 0.717) is 11.4 Å². The van der Waals surface area contributed by atoms with E-state index in [9.17, 15) is 4.79 Å². The summed E-state index contributed by atoms with van der Waals surface area (Å²) in [6.07, 6.45) is 1.77. The maximum absolute atomic E-state index is 12.4. The van der Waals surface area contributed by atoms with E-state index in [1.54, 1.807) is 16.2 Å². The molecule has 0 aromatic carbocycles. The molecule has 4 nitrogen and oxygen atoms in total. The quantitative estimate of drug-likeness (QED) is 0.819. The molecule has 1 amide bonds. The fourth-order valence-corrected chi connectivity index (χ4v) is 3.89. The fourth-order valence-electron chi connectivity index (χ4n) is 1.69. The summed E-state index contributed by atoms with van der Waals surface area (Å²) >= 11 is 6.24. The van der Waals surface area contributed by atoms with Crippen molar-refractivity contribution >= 4 is 44.7 Å². The number of rotatable bonds is 5. The van der Waals surface area contributed by atoms with Gasteiger partial charge in [0.1, 0.15) is 4.88 Å². The molecular weight excluding hydrogens is 346 g/mol. The van der Waals surface area contributed by atoms with Crippen molar-refractivity contribution in [3.8, 4) is 0 Å². The third-order valence-corrected chi connectivity index (χ3v) is 5.04. The van der Waals surface area contributed by atoms with Crippen LogP contribution < -0.4 is 0 Å². The molecule has 7 heteroatoms. The topological polar surface area (TPSA) is 46.1 Å². The lowest BCUT2D eigenvalue weighted by Crippen LogP contribution is -2.25. The molecule has 0 radical (unpaired) electrons. The standard InChI is InChI=1S/C12H14BrN3OS2/c1-3-4-10-11(19-15-14-10)12(17)16(2)6-9-5-8(13)7-18-9/h5,7H,3-4,6H2,1-2H3.